The maximum absolute atomic E-state index is 14.8. The Kier molecular flexibility index (Phi) is 12.4. The summed E-state index contributed by atoms with van der Waals surface area (Å²) in [6.45, 7) is 8.26. The molecular weight excluding hydrogens is 558 g/mol. The van der Waals surface area contributed by atoms with Crippen molar-refractivity contribution < 1.29 is 27.8 Å². The van der Waals surface area contributed by atoms with Crippen LogP contribution in [0.25, 0.3) is 5.69 Å². The number of benzene rings is 1. The average Bonchev–Trinajstić information content (AvgIpc) is 3.37. The maximum atomic E-state index is 14.8. The highest BCUT2D eigenvalue weighted by molar-refractivity contribution is 5.94. The summed E-state index contributed by atoms with van der Waals surface area (Å²) in [6, 6.07) is 3.33. The molecule has 2 aliphatic rings. The monoisotopic (exact) mass is 598 g/mol. The van der Waals surface area contributed by atoms with E-state index in [1.165, 1.54) is 6.07 Å². The van der Waals surface area contributed by atoms with Crippen LogP contribution in [-0.4, -0.2) is 102 Å². The summed E-state index contributed by atoms with van der Waals surface area (Å²) in [5, 5.41) is 11.6. The Hall–Kier alpha value is -2.67. The molecule has 1 N–H and O–H groups in total. The number of piperidine rings is 1. The first-order valence-electron chi connectivity index (χ1n) is 14.1. The number of hydrogen-bond acceptors (Lipinski definition) is 7. The van der Waals surface area contributed by atoms with Crippen molar-refractivity contribution in [3.63, 3.8) is 0 Å². The van der Waals surface area contributed by atoms with Crippen LogP contribution in [0, 0.1) is 23.5 Å². The van der Waals surface area contributed by atoms with E-state index in [1.807, 2.05) is 18.7 Å². The number of ether oxygens (including phenoxy) is 2. The van der Waals surface area contributed by atoms with E-state index in [0.717, 1.165) is 16.8 Å². The molecule has 10 nitrogen and oxygen atoms in total. The second-order valence-corrected chi connectivity index (χ2v) is 10.9. The highest BCUT2D eigenvalue weighted by atomic mass is 35.5. The van der Waals surface area contributed by atoms with Crippen LogP contribution in [0.15, 0.2) is 18.2 Å². The Balaban J connectivity index is 0.00000462. The number of morpholine rings is 1. The molecule has 228 valence electrons. The molecule has 41 heavy (non-hydrogen) atoms. The van der Waals surface area contributed by atoms with Gasteiger partial charge in [-0.1, -0.05) is 25.1 Å². The molecule has 0 spiro atoms. The van der Waals surface area contributed by atoms with Crippen molar-refractivity contribution in [2.45, 2.75) is 45.6 Å². The number of carbonyl (C=O) groups is 2. The van der Waals surface area contributed by atoms with E-state index in [9.17, 15) is 18.4 Å². The van der Waals surface area contributed by atoms with Gasteiger partial charge in [0.25, 0.3) is 5.91 Å². The van der Waals surface area contributed by atoms with Crippen molar-refractivity contribution in [1.82, 2.24) is 30.1 Å². The van der Waals surface area contributed by atoms with E-state index in [2.05, 4.69) is 15.6 Å². The highest BCUT2D eigenvalue weighted by Crippen LogP contribution is 2.25. The molecule has 0 radical (unpaired) electrons. The molecule has 2 amide bonds. The first kappa shape index (κ1) is 32.8. The smallest absolute Gasteiger partial charge is 0.276 e. The molecule has 2 saturated heterocycles. The Morgan fingerprint density at radius 3 is 2.54 bits per heavy atom. The zero-order valence-corrected chi connectivity index (χ0v) is 24.8. The van der Waals surface area contributed by atoms with Gasteiger partial charge >= 0.3 is 0 Å². The number of para-hydroxylation sites is 1. The minimum Gasteiger partial charge on any atom is -0.385 e. The summed E-state index contributed by atoms with van der Waals surface area (Å²) in [5.41, 5.74) is 0.0626. The molecule has 1 aromatic carbocycles. The second-order valence-electron chi connectivity index (χ2n) is 10.9. The van der Waals surface area contributed by atoms with Gasteiger partial charge in [0.15, 0.2) is 17.3 Å². The predicted octanol–water partition coefficient (Wildman–Crippen LogP) is 2.87. The van der Waals surface area contributed by atoms with Gasteiger partial charge in [-0.3, -0.25) is 9.59 Å². The number of unbranched alkanes of at least 4 members (excludes halogenated alkanes) is 1. The van der Waals surface area contributed by atoms with Gasteiger partial charge in [0.1, 0.15) is 5.69 Å². The molecule has 0 aliphatic carbocycles. The van der Waals surface area contributed by atoms with Gasteiger partial charge in [0.2, 0.25) is 5.91 Å². The quantitative estimate of drug-likeness (QED) is 0.397. The van der Waals surface area contributed by atoms with Crippen molar-refractivity contribution in [3.8, 4) is 5.69 Å². The van der Waals surface area contributed by atoms with Crippen molar-refractivity contribution in [1.29, 1.82) is 0 Å². The van der Waals surface area contributed by atoms with Gasteiger partial charge < -0.3 is 24.6 Å². The van der Waals surface area contributed by atoms with Crippen LogP contribution in [0.1, 0.15) is 49.3 Å². The van der Waals surface area contributed by atoms with Crippen LogP contribution in [0.5, 0.6) is 0 Å². The topological polar surface area (TPSA) is 102 Å². The SMILES string of the molecule is COCCCCc1c(C(=O)N(CC(C)C)[C@@H]2CNC[C@H](C(=O)N3CCOCC3)C2)nnn1-c1c(F)cccc1F.Cl. The molecule has 2 atom stereocenters. The normalized spacial score (nSPS) is 19.2. The fraction of sp³-hybridized carbons (Fsp3) is 0.643. The Morgan fingerprint density at radius 2 is 1.88 bits per heavy atom. The number of methoxy groups -OCH3 is 1. The summed E-state index contributed by atoms with van der Waals surface area (Å²) >= 11 is 0. The molecule has 1 aromatic heterocycles. The van der Waals surface area contributed by atoms with E-state index >= 15 is 0 Å². The molecule has 4 rings (SSSR count). The number of hydrogen-bond donors (Lipinski definition) is 1. The molecule has 0 bridgehead atoms. The number of rotatable bonds is 11. The minimum absolute atomic E-state index is 0. The fourth-order valence-electron chi connectivity index (χ4n) is 5.42. The molecule has 0 saturated carbocycles. The van der Waals surface area contributed by atoms with E-state index in [1.54, 1.807) is 12.0 Å². The lowest BCUT2D eigenvalue weighted by atomic mass is 9.92. The predicted molar refractivity (Wildman–Crippen MR) is 151 cm³/mol. The van der Waals surface area contributed by atoms with Crippen LogP contribution in [0.2, 0.25) is 0 Å². The summed E-state index contributed by atoms with van der Waals surface area (Å²) in [5.74, 6) is -1.99. The number of aromatic nitrogens is 3. The maximum Gasteiger partial charge on any atom is 0.276 e. The van der Waals surface area contributed by atoms with Gasteiger partial charge in [0, 0.05) is 52.5 Å². The summed E-state index contributed by atoms with van der Waals surface area (Å²) < 4.78 is 41.2. The zero-order valence-electron chi connectivity index (χ0n) is 24.0. The summed E-state index contributed by atoms with van der Waals surface area (Å²) in [4.78, 5) is 31.0. The Morgan fingerprint density at radius 1 is 1.17 bits per heavy atom. The summed E-state index contributed by atoms with van der Waals surface area (Å²) in [7, 11) is 1.61. The third-order valence-corrected chi connectivity index (χ3v) is 7.39. The zero-order chi connectivity index (χ0) is 28.6. The minimum atomic E-state index is -0.790. The number of amides is 2. The largest absolute Gasteiger partial charge is 0.385 e. The van der Waals surface area contributed by atoms with E-state index < -0.39 is 11.6 Å². The van der Waals surface area contributed by atoms with E-state index in [-0.39, 0.29) is 53.5 Å². The van der Waals surface area contributed by atoms with Crippen LogP contribution in [0.3, 0.4) is 0 Å². The van der Waals surface area contributed by atoms with E-state index in [4.69, 9.17) is 9.47 Å². The molecule has 13 heteroatoms. The molecule has 2 aliphatic heterocycles. The Bertz CT molecular complexity index is 1140. The van der Waals surface area contributed by atoms with Gasteiger partial charge in [-0.25, -0.2) is 13.5 Å². The van der Waals surface area contributed by atoms with Crippen molar-refractivity contribution in [2.75, 3.05) is 59.7 Å². The van der Waals surface area contributed by atoms with Gasteiger partial charge in [0.05, 0.1) is 24.8 Å². The standard InChI is InChI=1S/C28H40F2N6O4.ClH/c1-19(2)18-35(21-15-20(16-31-17-21)27(37)34-10-13-40-14-11-34)28(38)25-24(9-4-5-12-39-3)36(33-32-25)26-22(29)7-6-8-23(26)30;/h6-8,19-21,31H,4-5,9-18H2,1-3H3;1H/t20-,21+;/m1./s1. The van der Waals surface area contributed by atoms with Crippen molar-refractivity contribution in [3.05, 3.63) is 41.2 Å². The first-order valence-corrected chi connectivity index (χ1v) is 14.1. The lowest BCUT2D eigenvalue weighted by molar-refractivity contribution is -0.140. The third kappa shape index (κ3) is 8.00. The molecular formula is C28H41ClF2N6O4. The third-order valence-electron chi connectivity index (χ3n) is 7.39. The van der Waals surface area contributed by atoms with Crippen LogP contribution in [0.4, 0.5) is 8.78 Å². The van der Waals surface area contributed by atoms with Crippen molar-refractivity contribution in [2.24, 2.45) is 11.8 Å². The lowest BCUT2D eigenvalue weighted by Gasteiger charge is -2.40. The molecule has 2 aromatic rings. The highest BCUT2D eigenvalue weighted by Gasteiger charge is 2.37. The molecule has 2 fully saturated rings. The lowest BCUT2D eigenvalue weighted by Crippen LogP contribution is -2.56. The number of nitrogens with zero attached hydrogens (tertiary/aromatic N) is 5. The van der Waals surface area contributed by atoms with Gasteiger partial charge in [-0.15, -0.1) is 17.5 Å². The average molecular weight is 599 g/mol. The molecule has 0 unspecified atom stereocenters. The van der Waals surface area contributed by atoms with Crippen LogP contribution in [-0.2, 0) is 20.7 Å². The van der Waals surface area contributed by atoms with E-state index in [0.29, 0.717) is 83.9 Å². The van der Waals surface area contributed by atoms with Gasteiger partial charge in [-0.05, 0) is 43.7 Å². The van der Waals surface area contributed by atoms with Gasteiger partial charge in [-0.2, -0.15) is 0 Å². The number of nitrogens with one attached hydrogen (secondary N) is 1. The van der Waals surface area contributed by atoms with Crippen LogP contribution >= 0.6 is 12.4 Å². The van der Waals surface area contributed by atoms with Crippen molar-refractivity contribution >= 4 is 24.2 Å². The second kappa shape index (κ2) is 15.5. The number of carbonyl (C=O) groups excluding carboxylic acids is 2. The summed E-state index contributed by atoms with van der Waals surface area (Å²) in [6.07, 6.45) is 2.16. The number of halogens is 3. The molecule has 3 heterocycles. The van der Waals surface area contributed by atoms with Crippen LogP contribution < -0.4 is 5.32 Å². The Labute approximate surface area is 246 Å². The fourth-order valence-corrected chi connectivity index (χ4v) is 5.42. The first-order chi connectivity index (χ1) is 19.3.